The van der Waals surface area contributed by atoms with Crippen LogP contribution in [0, 0.1) is 0 Å². The zero-order valence-electron chi connectivity index (χ0n) is 32.8. The van der Waals surface area contributed by atoms with Crippen LogP contribution in [0.5, 0.6) is 0 Å². The van der Waals surface area contributed by atoms with Crippen molar-refractivity contribution in [2.45, 2.75) is 0 Å². The van der Waals surface area contributed by atoms with E-state index in [4.69, 9.17) is 0 Å². The molecule has 0 saturated heterocycles. The van der Waals surface area contributed by atoms with Crippen LogP contribution in [-0.2, 0) is 0 Å². The molecule has 13 rings (SSSR count). The zero-order valence-corrected chi connectivity index (χ0v) is 32.8. The van der Waals surface area contributed by atoms with E-state index in [1.165, 1.54) is 131 Å². The second-order valence-electron chi connectivity index (χ2n) is 16.2. The van der Waals surface area contributed by atoms with Gasteiger partial charge in [-0.3, -0.25) is 0 Å². The molecule has 60 heavy (non-hydrogen) atoms. The monoisotopic (exact) mass is 756 g/mol. The maximum absolute atomic E-state index is 2.38. The van der Waals surface area contributed by atoms with Gasteiger partial charge in [-0.15, -0.1) is 0 Å². The molecule has 0 amide bonds. The molecule has 0 aromatic heterocycles. The Kier molecular flexibility index (Phi) is 7.11. The maximum atomic E-state index is 2.38. The van der Waals surface area contributed by atoms with E-state index in [1.54, 1.807) is 0 Å². The summed E-state index contributed by atoms with van der Waals surface area (Å²) in [6, 6.07) is 81.3. The van der Waals surface area contributed by atoms with E-state index in [1.807, 2.05) is 0 Å². The van der Waals surface area contributed by atoms with E-state index in [0.717, 1.165) is 0 Å². The highest BCUT2D eigenvalue weighted by Crippen LogP contribution is 2.61. The van der Waals surface area contributed by atoms with Gasteiger partial charge in [-0.05, 0) is 131 Å². The fraction of sp³-hybridized carbons (Fsp3) is 0. The van der Waals surface area contributed by atoms with Crippen LogP contribution in [0.2, 0.25) is 0 Å². The van der Waals surface area contributed by atoms with Crippen LogP contribution in [-0.4, -0.2) is 0 Å². The number of benzene rings is 12. The summed E-state index contributed by atoms with van der Waals surface area (Å²) in [5, 5.41) is 15.2. The minimum absolute atomic E-state index is 1.23. The normalized spacial score (nSPS) is 12.0. The van der Waals surface area contributed by atoms with Crippen molar-refractivity contribution in [3.05, 3.63) is 218 Å². The van der Waals surface area contributed by atoms with Gasteiger partial charge in [0.25, 0.3) is 0 Å². The fourth-order valence-corrected chi connectivity index (χ4v) is 10.9. The molecule has 0 nitrogen and oxygen atoms in total. The third-order valence-electron chi connectivity index (χ3n) is 13.1. The van der Waals surface area contributed by atoms with E-state index >= 15 is 0 Å². The molecule has 0 radical (unpaired) electrons. The highest BCUT2D eigenvalue weighted by molar-refractivity contribution is 6.35. The lowest BCUT2D eigenvalue weighted by atomic mass is 9.77. The first-order valence-electron chi connectivity index (χ1n) is 20.9. The Morgan fingerprint density at radius 3 is 0.750 bits per heavy atom. The highest BCUT2D eigenvalue weighted by atomic mass is 14.4. The molecule has 0 atom stereocenters. The Hall–Kier alpha value is -7.80. The van der Waals surface area contributed by atoms with Crippen molar-refractivity contribution in [1.82, 2.24) is 0 Å². The van der Waals surface area contributed by atoms with Gasteiger partial charge in [-0.2, -0.15) is 0 Å². The zero-order chi connectivity index (χ0) is 39.3. The lowest BCUT2D eigenvalue weighted by Gasteiger charge is -2.25. The Morgan fingerprint density at radius 2 is 0.433 bits per heavy atom. The van der Waals surface area contributed by atoms with Crippen LogP contribution in [0.3, 0.4) is 0 Å². The summed E-state index contributed by atoms with van der Waals surface area (Å²) in [7, 11) is 0. The summed E-state index contributed by atoms with van der Waals surface area (Å²) >= 11 is 0. The highest BCUT2D eigenvalue weighted by Gasteiger charge is 2.33. The average molecular weight is 757 g/mol. The lowest BCUT2D eigenvalue weighted by molar-refractivity contribution is 1.65. The first-order chi connectivity index (χ1) is 29.8. The summed E-state index contributed by atoms with van der Waals surface area (Å²) in [6.07, 6.45) is 0. The quantitative estimate of drug-likeness (QED) is 0.157. The lowest BCUT2D eigenvalue weighted by Crippen LogP contribution is -1.98. The summed E-state index contributed by atoms with van der Waals surface area (Å²) in [4.78, 5) is 0. The molecule has 0 unspecified atom stereocenters. The Labute approximate surface area is 348 Å². The minimum atomic E-state index is 1.23. The van der Waals surface area contributed by atoms with Crippen LogP contribution in [0.4, 0.5) is 0 Å². The summed E-state index contributed by atoms with van der Waals surface area (Å²) in [6.45, 7) is 0. The molecule has 0 saturated carbocycles. The van der Waals surface area contributed by atoms with Gasteiger partial charge in [-0.1, -0.05) is 218 Å². The van der Waals surface area contributed by atoms with Crippen LogP contribution in [0.25, 0.3) is 131 Å². The predicted molar refractivity (Wildman–Crippen MR) is 258 cm³/mol. The van der Waals surface area contributed by atoms with Crippen molar-refractivity contribution in [3.8, 4) is 66.8 Å². The van der Waals surface area contributed by atoms with Gasteiger partial charge in [0, 0.05) is 0 Å². The van der Waals surface area contributed by atoms with Crippen molar-refractivity contribution in [3.63, 3.8) is 0 Å². The Bertz CT molecular complexity index is 3380. The standard InChI is InChI=1S/C60H36/c1-3-19-37(20-4-1)52-40-25-7-11-29-44(40)55(45-30-12-8-26-41(45)52)57-48-33-15-16-34-49(48)58(60-51-36-18-24-39-23-17-35-50(54(39)51)59(57)60)56-46-31-13-9-27-42(46)53(38-21-5-2-6-22-38)43-28-10-14-32-47(43)56/h1-36H. The van der Waals surface area contributed by atoms with Crippen LogP contribution < -0.4 is 0 Å². The van der Waals surface area contributed by atoms with Gasteiger partial charge in [0.1, 0.15) is 0 Å². The molecule has 12 aromatic rings. The minimum Gasteiger partial charge on any atom is -0.0622 e. The van der Waals surface area contributed by atoms with Gasteiger partial charge in [0.2, 0.25) is 0 Å². The number of fused-ring (bicyclic) bond motifs is 8. The van der Waals surface area contributed by atoms with Crippen LogP contribution in [0.15, 0.2) is 218 Å². The van der Waals surface area contributed by atoms with Gasteiger partial charge in [-0.25, -0.2) is 0 Å². The average Bonchev–Trinajstić information content (AvgIpc) is 3.65. The fourth-order valence-electron chi connectivity index (χ4n) is 10.9. The number of hydrogen-bond donors (Lipinski definition) is 0. The largest absolute Gasteiger partial charge is 0.0622 e. The van der Waals surface area contributed by atoms with Crippen LogP contribution >= 0.6 is 0 Å². The number of hydrogen-bond acceptors (Lipinski definition) is 0. The van der Waals surface area contributed by atoms with Crippen molar-refractivity contribution in [1.29, 1.82) is 0 Å². The van der Waals surface area contributed by atoms with Gasteiger partial charge in [0.05, 0.1) is 0 Å². The second-order valence-corrected chi connectivity index (χ2v) is 16.2. The van der Waals surface area contributed by atoms with Crippen molar-refractivity contribution in [2.75, 3.05) is 0 Å². The first kappa shape index (κ1) is 33.2. The SMILES string of the molecule is c1ccc(-c2c3ccccc3c(-c3c4c(c(-c5c6ccccc6c(-c6ccccc6)c6ccccc56)c5ccccc35)-c3cccc5cccc-4c35)c3ccccc23)cc1. The van der Waals surface area contributed by atoms with Crippen molar-refractivity contribution in [2.24, 2.45) is 0 Å². The molecule has 0 aliphatic heterocycles. The van der Waals surface area contributed by atoms with Crippen molar-refractivity contribution >= 4 is 64.6 Å². The molecule has 0 bridgehead atoms. The first-order valence-corrected chi connectivity index (χ1v) is 20.9. The van der Waals surface area contributed by atoms with E-state index in [9.17, 15) is 0 Å². The molecule has 276 valence electrons. The molecular weight excluding hydrogens is 721 g/mol. The molecule has 12 aromatic carbocycles. The van der Waals surface area contributed by atoms with Gasteiger partial charge >= 0.3 is 0 Å². The molecule has 0 fully saturated rings. The number of rotatable bonds is 4. The van der Waals surface area contributed by atoms with Gasteiger partial charge < -0.3 is 0 Å². The summed E-state index contributed by atoms with van der Waals surface area (Å²) in [5.41, 5.74) is 15.5. The predicted octanol–water partition coefficient (Wildman–Crippen LogP) is 16.9. The molecular formula is C60H36. The molecule has 0 N–H and O–H groups in total. The molecule has 1 aliphatic carbocycles. The smallest absolute Gasteiger partial charge is 0.000696 e. The second kappa shape index (κ2) is 12.9. The topological polar surface area (TPSA) is 0 Å². The molecule has 0 heteroatoms. The van der Waals surface area contributed by atoms with E-state index in [0.29, 0.717) is 0 Å². The molecule has 0 spiro atoms. The Balaban J connectivity index is 1.27. The van der Waals surface area contributed by atoms with Crippen LogP contribution in [0.1, 0.15) is 0 Å². The molecule has 0 heterocycles. The Morgan fingerprint density at radius 1 is 0.167 bits per heavy atom. The maximum Gasteiger partial charge on any atom is -0.000696 e. The van der Waals surface area contributed by atoms with E-state index in [2.05, 4.69) is 218 Å². The third kappa shape index (κ3) is 4.56. The van der Waals surface area contributed by atoms with Gasteiger partial charge in [0.15, 0.2) is 0 Å². The third-order valence-corrected chi connectivity index (χ3v) is 13.1. The molecule has 1 aliphatic rings. The van der Waals surface area contributed by atoms with E-state index in [-0.39, 0.29) is 0 Å². The summed E-state index contributed by atoms with van der Waals surface area (Å²) in [5.74, 6) is 0. The van der Waals surface area contributed by atoms with E-state index < -0.39 is 0 Å². The summed E-state index contributed by atoms with van der Waals surface area (Å²) < 4.78 is 0. The van der Waals surface area contributed by atoms with Crippen molar-refractivity contribution < 1.29 is 0 Å².